The molecule has 0 atom stereocenters. The minimum absolute atomic E-state index is 0.108. The monoisotopic (exact) mass is 362 g/mol. The van der Waals surface area contributed by atoms with Crippen LogP contribution in [0, 0.1) is 6.92 Å². The SMILES string of the molecule is COc1ccc(-n2c(C)nnc2SCC(=O)N(C(C)C)C(C)C)cc1. The highest BCUT2D eigenvalue weighted by molar-refractivity contribution is 7.99. The standard InChI is InChI=1S/C18H26N4O2S/c1-12(2)21(13(3)4)17(23)11-25-18-20-19-14(5)22(18)15-7-9-16(24-6)10-8-15/h7-10,12-13H,11H2,1-6H3. The van der Waals surface area contributed by atoms with Crippen molar-refractivity contribution in [3.8, 4) is 11.4 Å². The summed E-state index contributed by atoms with van der Waals surface area (Å²) in [4.78, 5) is 14.5. The molecule has 0 saturated heterocycles. The van der Waals surface area contributed by atoms with E-state index in [2.05, 4.69) is 10.2 Å². The number of hydrogen-bond donors (Lipinski definition) is 0. The molecule has 25 heavy (non-hydrogen) atoms. The maximum atomic E-state index is 12.6. The Bertz CT molecular complexity index is 702. The average molecular weight is 362 g/mol. The molecule has 1 aromatic carbocycles. The molecule has 1 aromatic heterocycles. The van der Waals surface area contributed by atoms with Gasteiger partial charge in [-0.15, -0.1) is 10.2 Å². The van der Waals surface area contributed by atoms with Crippen LogP contribution >= 0.6 is 11.8 Å². The first-order valence-electron chi connectivity index (χ1n) is 8.35. The highest BCUT2D eigenvalue weighted by atomic mass is 32.2. The fourth-order valence-electron chi connectivity index (χ4n) is 2.84. The molecule has 0 unspecified atom stereocenters. The summed E-state index contributed by atoms with van der Waals surface area (Å²) in [5.41, 5.74) is 0.947. The molecule has 2 aromatic rings. The summed E-state index contributed by atoms with van der Waals surface area (Å²) in [6.07, 6.45) is 0. The van der Waals surface area contributed by atoms with Crippen molar-refractivity contribution in [2.45, 2.75) is 51.9 Å². The fourth-order valence-corrected chi connectivity index (χ4v) is 3.70. The van der Waals surface area contributed by atoms with Crippen molar-refractivity contribution < 1.29 is 9.53 Å². The van der Waals surface area contributed by atoms with Crippen molar-refractivity contribution in [3.63, 3.8) is 0 Å². The zero-order valence-electron chi connectivity index (χ0n) is 15.7. The average Bonchev–Trinajstić information content (AvgIpc) is 2.93. The van der Waals surface area contributed by atoms with Gasteiger partial charge in [-0.1, -0.05) is 11.8 Å². The molecule has 0 bridgehead atoms. The largest absolute Gasteiger partial charge is 0.497 e. The molecule has 0 aliphatic heterocycles. The van der Waals surface area contributed by atoms with E-state index in [1.165, 1.54) is 11.8 Å². The second kappa shape index (κ2) is 8.38. The van der Waals surface area contributed by atoms with Crippen LogP contribution in [0.2, 0.25) is 0 Å². The van der Waals surface area contributed by atoms with Gasteiger partial charge in [-0.3, -0.25) is 9.36 Å². The van der Waals surface area contributed by atoms with Crippen LogP contribution in [0.1, 0.15) is 33.5 Å². The Kier molecular flexibility index (Phi) is 6.47. The van der Waals surface area contributed by atoms with Crippen LogP contribution in [0.15, 0.2) is 29.4 Å². The van der Waals surface area contributed by atoms with Crippen LogP contribution in [0.5, 0.6) is 5.75 Å². The van der Waals surface area contributed by atoms with Crippen LogP contribution in [-0.4, -0.2) is 50.5 Å². The van der Waals surface area contributed by atoms with Gasteiger partial charge in [0.15, 0.2) is 5.16 Å². The van der Waals surface area contributed by atoms with Crippen molar-refractivity contribution >= 4 is 17.7 Å². The second-order valence-electron chi connectivity index (χ2n) is 6.34. The third kappa shape index (κ3) is 4.54. The molecule has 0 aliphatic rings. The molecule has 1 heterocycles. The first-order valence-corrected chi connectivity index (χ1v) is 9.34. The third-order valence-electron chi connectivity index (χ3n) is 3.85. The van der Waals surface area contributed by atoms with E-state index in [4.69, 9.17) is 4.74 Å². The summed E-state index contributed by atoms with van der Waals surface area (Å²) in [5.74, 6) is 2.02. The minimum atomic E-state index is 0.108. The van der Waals surface area contributed by atoms with Crippen molar-refractivity contribution in [2.75, 3.05) is 12.9 Å². The first kappa shape index (κ1) is 19.3. The number of carbonyl (C=O) groups excluding carboxylic acids is 1. The number of methoxy groups -OCH3 is 1. The number of hydrogen-bond acceptors (Lipinski definition) is 5. The van der Waals surface area contributed by atoms with Gasteiger partial charge in [-0.05, 0) is 58.9 Å². The Balaban J connectivity index is 2.17. The highest BCUT2D eigenvalue weighted by Crippen LogP contribution is 2.24. The van der Waals surface area contributed by atoms with Crippen LogP contribution in [0.25, 0.3) is 5.69 Å². The Labute approximate surface area is 153 Å². The number of carbonyl (C=O) groups is 1. The van der Waals surface area contributed by atoms with Crippen LogP contribution in [0.3, 0.4) is 0 Å². The van der Waals surface area contributed by atoms with Gasteiger partial charge in [0.2, 0.25) is 5.91 Å². The maximum absolute atomic E-state index is 12.6. The number of rotatable bonds is 7. The lowest BCUT2D eigenvalue weighted by Crippen LogP contribution is -2.43. The lowest BCUT2D eigenvalue weighted by atomic mass is 10.2. The zero-order chi connectivity index (χ0) is 18.6. The van der Waals surface area contributed by atoms with Crippen molar-refractivity contribution in [2.24, 2.45) is 0 Å². The van der Waals surface area contributed by atoms with Gasteiger partial charge < -0.3 is 9.64 Å². The van der Waals surface area contributed by atoms with Crippen LogP contribution in [0.4, 0.5) is 0 Å². The fraction of sp³-hybridized carbons (Fsp3) is 0.500. The molecule has 0 spiro atoms. The molecule has 136 valence electrons. The zero-order valence-corrected chi connectivity index (χ0v) is 16.5. The molecular weight excluding hydrogens is 336 g/mol. The number of amides is 1. The molecule has 7 heteroatoms. The molecule has 2 rings (SSSR count). The van der Waals surface area contributed by atoms with Gasteiger partial charge in [0, 0.05) is 17.8 Å². The molecule has 0 fully saturated rings. The Morgan fingerprint density at radius 2 is 1.76 bits per heavy atom. The third-order valence-corrected chi connectivity index (χ3v) is 4.76. The molecule has 0 radical (unpaired) electrons. The van der Waals surface area contributed by atoms with E-state index in [1.54, 1.807) is 7.11 Å². The Morgan fingerprint density at radius 3 is 2.28 bits per heavy atom. The quantitative estimate of drug-likeness (QED) is 0.707. The first-order chi connectivity index (χ1) is 11.8. The molecule has 6 nitrogen and oxygen atoms in total. The van der Waals surface area contributed by atoms with Gasteiger partial charge in [-0.25, -0.2) is 0 Å². The number of nitrogens with zero attached hydrogens (tertiary/aromatic N) is 4. The highest BCUT2D eigenvalue weighted by Gasteiger charge is 2.21. The topological polar surface area (TPSA) is 60.2 Å². The smallest absolute Gasteiger partial charge is 0.233 e. The summed E-state index contributed by atoms with van der Waals surface area (Å²) < 4.78 is 7.15. The van der Waals surface area contributed by atoms with Gasteiger partial charge in [0.05, 0.1) is 12.9 Å². The van der Waals surface area contributed by atoms with E-state index in [0.717, 1.165) is 17.3 Å². The number of benzene rings is 1. The minimum Gasteiger partial charge on any atom is -0.497 e. The summed E-state index contributed by atoms with van der Waals surface area (Å²) in [5, 5.41) is 9.11. The van der Waals surface area contributed by atoms with E-state index in [0.29, 0.717) is 10.9 Å². The molecular formula is C18H26N4O2S. The van der Waals surface area contributed by atoms with Crippen LogP contribution in [-0.2, 0) is 4.79 Å². The number of aryl methyl sites for hydroxylation is 1. The van der Waals surface area contributed by atoms with Gasteiger partial charge in [-0.2, -0.15) is 0 Å². The Hall–Kier alpha value is -2.02. The van der Waals surface area contributed by atoms with E-state index >= 15 is 0 Å². The predicted molar refractivity (Wildman–Crippen MR) is 100 cm³/mol. The lowest BCUT2D eigenvalue weighted by molar-refractivity contribution is -0.131. The van der Waals surface area contributed by atoms with Gasteiger partial charge in [0.25, 0.3) is 0 Å². The summed E-state index contributed by atoms with van der Waals surface area (Å²) >= 11 is 1.41. The van der Waals surface area contributed by atoms with Gasteiger partial charge in [0.1, 0.15) is 11.6 Å². The van der Waals surface area contributed by atoms with E-state index < -0.39 is 0 Å². The van der Waals surface area contributed by atoms with Crippen LogP contribution < -0.4 is 4.74 Å². The van der Waals surface area contributed by atoms with Gasteiger partial charge >= 0.3 is 0 Å². The molecule has 0 aliphatic carbocycles. The number of thioether (sulfide) groups is 1. The summed E-state index contributed by atoms with van der Waals surface area (Å²) in [6.45, 7) is 10.0. The van der Waals surface area contributed by atoms with Crippen molar-refractivity contribution in [3.05, 3.63) is 30.1 Å². The van der Waals surface area contributed by atoms with E-state index in [1.807, 2.05) is 68.4 Å². The van der Waals surface area contributed by atoms with E-state index in [-0.39, 0.29) is 18.0 Å². The normalized spacial score (nSPS) is 11.2. The van der Waals surface area contributed by atoms with E-state index in [9.17, 15) is 4.79 Å². The number of aromatic nitrogens is 3. The molecule has 1 amide bonds. The maximum Gasteiger partial charge on any atom is 0.233 e. The Morgan fingerprint density at radius 1 is 1.16 bits per heavy atom. The summed E-state index contributed by atoms with van der Waals surface area (Å²) in [6, 6.07) is 8.05. The second-order valence-corrected chi connectivity index (χ2v) is 7.28. The lowest BCUT2D eigenvalue weighted by Gasteiger charge is -2.30. The molecule has 0 N–H and O–H groups in total. The molecule has 0 saturated carbocycles. The van der Waals surface area contributed by atoms with Crippen molar-refractivity contribution in [1.82, 2.24) is 19.7 Å². The predicted octanol–water partition coefficient (Wildman–Crippen LogP) is 3.32. The number of ether oxygens (including phenoxy) is 1. The summed E-state index contributed by atoms with van der Waals surface area (Å²) in [7, 11) is 1.64. The van der Waals surface area contributed by atoms with Crippen molar-refractivity contribution in [1.29, 1.82) is 0 Å².